The van der Waals surface area contributed by atoms with Crippen LogP contribution in [-0.4, -0.2) is 26.4 Å². The van der Waals surface area contributed by atoms with Gasteiger partial charge in [0.15, 0.2) is 5.16 Å². The summed E-state index contributed by atoms with van der Waals surface area (Å²) in [6.07, 6.45) is 0.803. The number of aliphatic carboxylic acids is 1. The van der Waals surface area contributed by atoms with Gasteiger partial charge in [0.05, 0.1) is 17.6 Å². The first-order chi connectivity index (χ1) is 13.9. The number of nitrogens with zero attached hydrogens (tertiary/aromatic N) is 2. The smallest absolute Gasteiger partial charge is 0.303 e. The van der Waals surface area contributed by atoms with Crippen molar-refractivity contribution in [2.45, 2.75) is 38.4 Å². The maximum atomic E-state index is 10.8. The van der Waals surface area contributed by atoms with E-state index in [0.717, 1.165) is 27.0 Å². The van der Waals surface area contributed by atoms with Gasteiger partial charge >= 0.3 is 5.97 Å². The van der Waals surface area contributed by atoms with E-state index < -0.39 is 5.97 Å². The summed E-state index contributed by atoms with van der Waals surface area (Å²) in [5.74, 6) is -0.0314. The first kappa shape index (κ1) is 20.3. The number of imidazole rings is 1. The van der Waals surface area contributed by atoms with Crippen LogP contribution in [0.15, 0.2) is 40.9 Å². The van der Waals surface area contributed by atoms with E-state index in [0.29, 0.717) is 13.0 Å². The van der Waals surface area contributed by atoms with Crippen LogP contribution in [0.2, 0.25) is 5.02 Å². The molecule has 4 rings (SSSR count). The fraction of sp³-hybridized carbons (Fsp3) is 0.273. The Morgan fingerprint density at radius 3 is 2.83 bits per heavy atom. The Bertz CT molecular complexity index is 1210. The minimum Gasteiger partial charge on any atom is -0.481 e. The largest absolute Gasteiger partial charge is 0.481 e. The Labute approximate surface area is 182 Å². The van der Waals surface area contributed by atoms with Crippen LogP contribution in [-0.2, 0) is 11.3 Å². The number of carbonyl (C=O) groups is 1. The molecule has 2 heterocycles. The van der Waals surface area contributed by atoms with Crippen LogP contribution in [0.4, 0.5) is 0 Å². The topological polar surface area (TPSA) is 55.1 Å². The molecule has 4 aromatic rings. The summed E-state index contributed by atoms with van der Waals surface area (Å²) in [5.41, 5.74) is 5.76. The summed E-state index contributed by atoms with van der Waals surface area (Å²) < 4.78 is 3.46. The molecule has 29 heavy (non-hydrogen) atoms. The summed E-state index contributed by atoms with van der Waals surface area (Å²) >= 11 is 9.58. The van der Waals surface area contributed by atoms with Crippen molar-refractivity contribution in [3.8, 4) is 0 Å². The van der Waals surface area contributed by atoms with Crippen molar-refractivity contribution in [2.75, 3.05) is 5.75 Å². The molecule has 0 aliphatic rings. The zero-order valence-electron chi connectivity index (χ0n) is 16.2. The van der Waals surface area contributed by atoms with Gasteiger partial charge in [0.1, 0.15) is 0 Å². The minimum atomic E-state index is -0.757. The molecular formula is C22H21ClN2O2S2. The first-order valence-electron chi connectivity index (χ1n) is 9.40. The maximum Gasteiger partial charge on any atom is 0.303 e. The fourth-order valence-electron chi connectivity index (χ4n) is 3.35. The number of halogens is 1. The molecule has 0 saturated carbocycles. The third kappa shape index (κ3) is 4.29. The second-order valence-corrected chi connectivity index (χ2v) is 9.56. The van der Waals surface area contributed by atoms with Gasteiger partial charge in [-0.3, -0.25) is 4.79 Å². The zero-order valence-corrected chi connectivity index (χ0v) is 18.6. The molecule has 0 amide bonds. The Morgan fingerprint density at radius 1 is 1.24 bits per heavy atom. The van der Waals surface area contributed by atoms with Gasteiger partial charge in [-0.1, -0.05) is 23.4 Å². The highest BCUT2D eigenvalue weighted by Gasteiger charge is 2.15. The van der Waals surface area contributed by atoms with E-state index in [1.807, 2.05) is 12.1 Å². The standard InChI is InChI=1S/C22H21ClN2O2S2/c1-13-8-18-19(9-14(13)2)25(22(24-18)28-7-3-4-21(26)27)11-15-12-29-20-6-5-16(23)10-17(15)20/h5-6,8-10,12H,3-4,7,11H2,1-2H3,(H,26,27). The molecule has 1 N–H and O–H groups in total. The lowest BCUT2D eigenvalue weighted by Crippen LogP contribution is -2.02. The van der Waals surface area contributed by atoms with Crippen LogP contribution in [0, 0.1) is 13.8 Å². The summed E-state index contributed by atoms with van der Waals surface area (Å²) in [7, 11) is 0. The normalized spacial score (nSPS) is 11.6. The van der Waals surface area contributed by atoms with E-state index in [2.05, 4.69) is 42.0 Å². The number of benzene rings is 2. The highest BCUT2D eigenvalue weighted by molar-refractivity contribution is 7.99. The van der Waals surface area contributed by atoms with Gasteiger partial charge in [-0.15, -0.1) is 11.3 Å². The van der Waals surface area contributed by atoms with Gasteiger partial charge in [-0.05, 0) is 78.1 Å². The number of hydrogen-bond donors (Lipinski definition) is 1. The summed E-state index contributed by atoms with van der Waals surface area (Å²) in [5, 5.41) is 13.9. The van der Waals surface area contributed by atoms with Crippen LogP contribution < -0.4 is 0 Å². The van der Waals surface area contributed by atoms with Crippen LogP contribution in [0.1, 0.15) is 29.5 Å². The lowest BCUT2D eigenvalue weighted by atomic mass is 10.1. The molecule has 4 nitrogen and oxygen atoms in total. The van der Waals surface area contributed by atoms with E-state index in [-0.39, 0.29) is 6.42 Å². The molecule has 7 heteroatoms. The van der Waals surface area contributed by atoms with E-state index in [1.165, 1.54) is 26.8 Å². The van der Waals surface area contributed by atoms with Gasteiger partial charge in [0.25, 0.3) is 0 Å². The second kappa shape index (κ2) is 8.38. The summed E-state index contributed by atoms with van der Waals surface area (Å²) in [6, 6.07) is 10.3. The monoisotopic (exact) mass is 444 g/mol. The molecule has 150 valence electrons. The van der Waals surface area contributed by atoms with Crippen LogP contribution in [0.5, 0.6) is 0 Å². The van der Waals surface area contributed by atoms with Crippen molar-refractivity contribution in [1.29, 1.82) is 0 Å². The lowest BCUT2D eigenvalue weighted by Gasteiger charge is -2.09. The van der Waals surface area contributed by atoms with Crippen molar-refractivity contribution >= 4 is 61.8 Å². The molecule has 0 spiro atoms. The molecule has 0 atom stereocenters. The fourth-order valence-corrected chi connectivity index (χ4v) is 5.41. The number of hydrogen-bond acceptors (Lipinski definition) is 4. The van der Waals surface area contributed by atoms with E-state index in [1.54, 1.807) is 23.1 Å². The van der Waals surface area contributed by atoms with Gasteiger partial charge in [0, 0.05) is 21.9 Å². The maximum absolute atomic E-state index is 10.8. The first-order valence-corrected chi connectivity index (χ1v) is 11.6. The van der Waals surface area contributed by atoms with Crippen molar-refractivity contribution in [3.63, 3.8) is 0 Å². The van der Waals surface area contributed by atoms with Crippen LogP contribution >= 0.6 is 34.7 Å². The molecule has 2 aromatic heterocycles. The molecule has 0 saturated heterocycles. The number of thiophene rings is 1. The predicted octanol–water partition coefficient (Wildman–Crippen LogP) is 6.53. The third-order valence-corrected chi connectivity index (χ3v) is 7.35. The third-order valence-electron chi connectivity index (χ3n) is 5.04. The SMILES string of the molecule is Cc1cc2nc(SCCCC(=O)O)n(Cc3csc4ccc(Cl)cc34)c2cc1C. The van der Waals surface area contributed by atoms with Crippen LogP contribution in [0.3, 0.4) is 0 Å². The van der Waals surface area contributed by atoms with Crippen molar-refractivity contribution in [1.82, 2.24) is 9.55 Å². The van der Waals surface area contributed by atoms with Gasteiger partial charge in [-0.25, -0.2) is 4.98 Å². The molecule has 0 fully saturated rings. The van der Waals surface area contributed by atoms with Crippen molar-refractivity contribution in [3.05, 3.63) is 57.4 Å². The quantitative estimate of drug-likeness (QED) is 0.260. The van der Waals surface area contributed by atoms with Gasteiger partial charge in [0.2, 0.25) is 0 Å². The minimum absolute atomic E-state index is 0.180. The highest BCUT2D eigenvalue weighted by Crippen LogP contribution is 2.32. The number of fused-ring (bicyclic) bond motifs is 2. The number of carboxylic acids is 1. The van der Waals surface area contributed by atoms with Crippen molar-refractivity contribution < 1.29 is 9.90 Å². The number of carboxylic acid groups (broad SMARTS) is 1. The summed E-state index contributed by atoms with van der Waals surface area (Å²) in [4.78, 5) is 15.7. The van der Waals surface area contributed by atoms with Crippen molar-refractivity contribution in [2.24, 2.45) is 0 Å². The number of rotatable bonds is 7. The van der Waals surface area contributed by atoms with E-state index in [9.17, 15) is 4.79 Å². The van der Waals surface area contributed by atoms with E-state index in [4.69, 9.17) is 21.7 Å². The Hall–Kier alpha value is -2.02. The summed E-state index contributed by atoms with van der Waals surface area (Å²) in [6.45, 7) is 4.92. The molecule has 0 bridgehead atoms. The Morgan fingerprint density at radius 2 is 2.03 bits per heavy atom. The average molecular weight is 445 g/mol. The average Bonchev–Trinajstić information content (AvgIpc) is 3.21. The molecule has 0 aliphatic carbocycles. The van der Waals surface area contributed by atoms with Crippen LogP contribution in [0.25, 0.3) is 21.1 Å². The Balaban J connectivity index is 1.73. The highest BCUT2D eigenvalue weighted by atomic mass is 35.5. The van der Waals surface area contributed by atoms with Gasteiger partial charge in [-0.2, -0.15) is 0 Å². The molecule has 0 unspecified atom stereocenters. The predicted molar refractivity (Wildman–Crippen MR) is 123 cm³/mol. The molecule has 0 aliphatic heterocycles. The number of aromatic nitrogens is 2. The zero-order chi connectivity index (χ0) is 20.5. The molecule has 0 radical (unpaired) electrons. The second-order valence-electron chi connectivity index (χ2n) is 7.15. The lowest BCUT2D eigenvalue weighted by molar-refractivity contribution is -0.137. The van der Waals surface area contributed by atoms with Gasteiger partial charge < -0.3 is 9.67 Å². The molecule has 2 aromatic carbocycles. The van der Waals surface area contributed by atoms with E-state index >= 15 is 0 Å². The number of aryl methyl sites for hydroxylation is 2. The number of thioether (sulfide) groups is 1. The Kier molecular flexibility index (Phi) is 5.86. The molecular weight excluding hydrogens is 424 g/mol.